The second kappa shape index (κ2) is 12.7. The smallest absolute Gasteiger partial charge is 0.128 e. The molecule has 272 valence electrons. The molecular weight excluding hydrogens is 679 g/mol. The fourth-order valence-corrected chi connectivity index (χ4v) is 10.2. The first-order valence-electron chi connectivity index (χ1n) is 20.4. The van der Waals surface area contributed by atoms with Gasteiger partial charge in [-0.15, -0.1) is 0 Å². The Kier molecular flexibility index (Phi) is 7.55. The Morgan fingerprint density at radius 2 is 1.52 bits per heavy atom. The van der Waals surface area contributed by atoms with Crippen LogP contribution in [0.25, 0.3) is 43.8 Å². The van der Waals surface area contributed by atoms with Crippen LogP contribution in [0.5, 0.6) is 5.75 Å². The lowest BCUT2D eigenvalue weighted by Gasteiger charge is -2.34. The van der Waals surface area contributed by atoms with Crippen molar-refractivity contribution >= 4 is 44.1 Å². The Morgan fingerprint density at radius 1 is 0.732 bits per heavy atom. The molecule has 0 fully saturated rings. The zero-order valence-corrected chi connectivity index (χ0v) is 32.3. The predicted octanol–water partition coefficient (Wildman–Crippen LogP) is 14.2. The van der Waals surface area contributed by atoms with Gasteiger partial charge in [0.15, 0.2) is 0 Å². The Bertz CT molecular complexity index is 2800. The molecular formula is C54H45NO. The maximum atomic E-state index is 6.39. The second-order valence-corrected chi connectivity index (χ2v) is 16.8. The van der Waals surface area contributed by atoms with Crippen molar-refractivity contribution in [2.45, 2.75) is 57.5 Å². The zero-order chi connectivity index (χ0) is 37.5. The normalized spacial score (nSPS) is 21.3. The van der Waals surface area contributed by atoms with Gasteiger partial charge < -0.3 is 9.64 Å². The molecule has 1 heterocycles. The molecule has 0 saturated carbocycles. The Labute approximate surface area is 330 Å². The first-order chi connectivity index (χ1) is 27.4. The number of hydrogen-bond donors (Lipinski definition) is 0. The maximum Gasteiger partial charge on any atom is 0.128 e. The van der Waals surface area contributed by atoms with Crippen LogP contribution in [0.1, 0.15) is 68.2 Å². The van der Waals surface area contributed by atoms with E-state index >= 15 is 0 Å². The fourth-order valence-electron chi connectivity index (χ4n) is 10.2. The third-order valence-electron chi connectivity index (χ3n) is 13.0. The molecule has 2 heteroatoms. The average Bonchev–Trinajstić information content (AvgIpc) is 3.74. The van der Waals surface area contributed by atoms with Gasteiger partial charge in [0.05, 0.1) is 5.69 Å². The number of benzene rings is 6. The summed E-state index contributed by atoms with van der Waals surface area (Å²) in [6.07, 6.45) is 21.8. The van der Waals surface area contributed by atoms with Crippen LogP contribution in [-0.4, -0.2) is 6.10 Å². The van der Waals surface area contributed by atoms with E-state index in [-0.39, 0.29) is 17.4 Å². The average molecular weight is 724 g/mol. The van der Waals surface area contributed by atoms with Crippen LogP contribution in [0.15, 0.2) is 175 Å². The second-order valence-electron chi connectivity index (χ2n) is 16.8. The van der Waals surface area contributed by atoms with E-state index in [1.165, 1.54) is 77.5 Å². The van der Waals surface area contributed by atoms with E-state index in [0.717, 1.165) is 30.7 Å². The molecule has 0 radical (unpaired) electrons. The summed E-state index contributed by atoms with van der Waals surface area (Å²) in [6, 6.07) is 43.3. The first-order valence-corrected chi connectivity index (χ1v) is 20.4. The summed E-state index contributed by atoms with van der Waals surface area (Å²) in [5, 5.41) is 5.06. The lowest BCUT2D eigenvalue weighted by Crippen LogP contribution is -2.22. The van der Waals surface area contributed by atoms with Gasteiger partial charge in [0, 0.05) is 39.4 Å². The highest BCUT2D eigenvalue weighted by Gasteiger charge is 2.40. The van der Waals surface area contributed by atoms with Crippen molar-refractivity contribution in [2.24, 2.45) is 5.92 Å². The molecule has 0 amide bonds. The monoisotopic (exact) mass is 723 g/mol. The number of allylic oxidation sites excluding steroid dienone is 9. The highest BCUT2D eigenvalue weighted by Crippen LogP contribution is 2.55. The molecule has 5 aliphatic rings. The number of nitrogens with zero attached hydrogens (tertiary/aromatic N) is 1. The van der Waals surface area contributed by atoms with E-state index < -0.39 is 0 Å². The predicted molar refractivity (Wildman–Crippen MR) is 236 cm³/mol. The fraction of sp³-hybridized carbons (Fsp3) is 0.185. The van der Waals surface area contributed by atoms with Crippen molar-refractivity contribution in [1.82, 2.24) is 0 Å². The van der Waals surface area contributed by atoms with Gasteiger partial charge in [0.2, 0.25) is 0 Å². The van der Waals surface area contributed by atoms with Crippen LogP contribution in [0, 0.1) is 5.92 Å². The van der Waals surface area contributed by atoms with Crippen LogP contribution >= 0.6 is 0 Å². The quantitative estimate of drug-likeness (QED) is 0.176. The zero-order valence-electron chi connectivity index (χ0n) is 32.3. The summed E-state index contributed by atoms with van der Waals surface area (Å²) < 4.78 is 6.39. The molecule has 3 unspecified atom stereocenters. The molecule has 56 heavy (non-hydrogen) atoms. The SMILES string of the molecule is CC1C=C(N(c2ccc(-c3ccc4ccc5c(c4c3)C3C=CC=CC3O5)cc2)c2cccc3c2C2=C(CCC=C2)C3(C)C)C(c2ccc3ccccc3c2)=CC1. The first kappa shape index (κ1) is 33.2. The largest absolute Gasteiger partial charge is 0.485 e. The van der Waals surface area contributed by atoms with E-state index in [0.29, 0.717) is 5.92 Å². The van der Waals surface area contributed by atoms with Crippen molar-refractivity contribution < 1.29 is 4.74 Å². The van der Waals surface area contributed by atoms with Gasteiger partial charge in [0.1, 0.15) is 11.9 Å². The van der Waals surface area contributed by atoms with Crippen molar-refractivity contribution in [2.75, 3.05) is 4.90 Å². The summed E-state index contributed by atoms with van der Waals surface area (Å²) in [5.41, 5.74) is 15.7. The molecule has 0 bridgehead atoms. The third kappa shape index (κ3) is 5.15. The van der Waals surface area contributed by atoms with Crippen LogP contribution < -0.4 is 9.64 Å². The number of rotatable bonds is 5. The molecule has 6 aromatic carbocycles. The van der Waals surface area contributed by atoms with E-state index in [1.54, 1.807) is 5.57 Å². The molecule has 11 rings (SSSR count). The summed E-state index contributed by atoms with van der Waals surface area (Å²) in [7, 11) is 0. The highest BCUT2D eigenvalue weighted by atomic mass is 16.5. The van der Waals surface area contributed by atoms with E-state index in [4.69, 9.17) is 4.74 Å². The van der Waals surface area contributed by atoms with Crippen LogP contribution in [0.3, 0.4) is 0 Å². The topological polar surface area (TPSA) is 12.5 Å². The molecule has 4 aliphatic carbocycles. The van der Waals surface area contributed by atoms with Crippen molar-refractivity contribution in [3.63, 3.8) is 0 Å². The molecule has 6 aromatic rings. The molecule has 1 aliphatic heterocycles. The van der Waals surface area contributed by atoms with Gasteiger partial charge in [-0.05, 0) is 117 Å². The lowest BCUT2D eigenvalue weighted by molar-refractivity contribution is 0.269. The molecule has 2 nitrogen and oxygen atoms in total. The maximum absolute atomic E-state index is 6.39. The summed E-state index contributed by atoms with van der Waals surface area (Å²) in [4.78, 5) is 2.57. The van der Waals surface area contributed by atoms with Crippen molar-refractivity contribution in [3.8, 4) is 16.9 Å². The van der Waals surface area contributed by atoms with Crippen molar-refractivity contribution in [3.05, 3.63) is 197 Å². The van der Waals surface area contributed by atoms with E-state index in [1.807, 2.05) is 0 Å². The summed E-state index contributed by atoms with van der Waals surface area (Å²) in [5.74, 6) is 1.65. The van der Waals surface area contributed by atoms with Gasteiger partial charge >= 0.3 is 0 Å². The minimum absolute atomic E-state index is 0.0166. The summed E-state index contributed by atoms with van der Waals surface area (Å²) in [6.45, 7) is 7.19. The van der Waals surface area contributed by atoms with Gasteiger partial charge in [-0.25, -0.2) is 0 Å². The van der Waals surface area contributed by atoms with Crippen molar-refractivity contribution in [1.29, 1.82) is 0 Å². The van der Waals surface area contributed by atoms with Crippen LogP contribution in [0.2, 0.25) is 0 Å². The van der Waals surface area contributed by atoms with Crippen LogP contribution in [0.4, 0.5) is 11.4 Å². The highest BCUT2D eigenvalue weighted by molar-refractivity contribution is 5.99. The number of hydrogen-bond acceptors (Lipinski definition) is 2. The van der Waals surface area contributed by atoms with Gasteiger partial charge in [0.25, 0.3) is 0 Å². The number of anilines is 2. The van der Waals surface area contributed by atoms with Gasteiger partial charge in [-0.1, -0.05) is 148 Å². The van der Waals surface area contributed by atoms with Gasteiger partial charge in [-0.2, -0.15) is 0 Å². The Balaban J connectivity index is 1.07. The number of ether oxygens (including phenoxy) is 1. The molecule has 0 spiro atoms. The minimum atomic E-state index is -0.0166. The minimum Gasteiger partial charge on any atom is -0.485 e. The Hall–Kier alpha value is -6.12. The van der Waals surface area contributed by atoms with Gasteiger partial charge in [-0.3, -0.25) is 0 Å². The molecule has 0 aromatic heterocycles. The van der Waals surface area contributed by atoms with Crippen LogP contribution in [-0.2, 0) is 5.41 Å². The van der Waals surface area contributed by atoms with E-state index in [9.17, 15) is 0 Å². The Morgan fingerprint density at radius 3 is 2.41 bits per heavy atom. The molecule has 3 atom stereocenters. The standard InChI is InChI=1S/C54H45NO/c1-34-19-29-42(40-23-20-35-11-4-5-12-38(35)32-40)49(31-34)55(48-17-10-16-47-53(48)43-13-6-8-15-46(43)54(47,2)3)41-27-24-36(25-28-41)39-22-21-37-26-30-51-52(45(37)33-39)44-14-7-9-18-50(44)56-51/h4-7,9-14,16-18,20-34,44,50H,8,15,19H2,1-3H3. The van der Waals surface area contributed by atoms with E-state index in [2.05, 4.69) is 190 Å². The lowest BCUT2D eigenvalue weighted by atomic mass is 9.78. The molecule has 0 N–H and O–H groups in total. The number of fused-ring (bicyclic) bond motifs is 8. The summed E-state index contributed by atoms with van der Waals surface area (Å²) >= 11 is 0. The third-order valence-corrected chi connectivity index (χ3v) is 13.0. The molecule has 0 saturated heterocycles.